The summed E-state index contributed by atoms with van der Waals surface area (Å²) in [7, 11) is 1.60. The minimum absolute atomic E-state index is 0.0591. The van der Waals surface area contributed by atoms with Crippen LogP contribution in [0.25, 0.3) is 0 Å². The van der Waals surface area contributed by atoms with Crippen molar-refractivity contribution >= 4 is 23.2 Å². The molecule has 0 spiro atoms. The minimum Gasteiger partial charge on any atom is -0.497 e. The molecular formula is C25H26N2O3. The Morgan fingerprint density at radius 3 is 2.13 bits per heavy atom. The smallest absolute Gasteiger partial charge is 0.228 e. The van der Waals surface area contributed by atoms with Gasteiger partial charge in [0.2, 0.25) is 11.8 Å². The Labute approximate surface area is 177 Å². The Balaban J connectivity index is 1.65. The molecule has 1 N–H and O–H groups in total. The van der Waals surface area contributed by atoms with Crippen LogP contribution in [-0.4, -0.2) is 18.9 Å². The normalized spacial score (nSPS) is 10.3. The molecule has 2 amide bonds. The van der Waals surface area contributed by atoms with Crippen molar-refractivity contribution in [1.82, 2.24) is 0 Å². The van der Waals surface area contributed by atoms with Crippen LogP contribution in [0.1, 0.15) is 24.5 Å². The molecule has 0 bridgehead atoms. The van der Waals surface area contributed by atoms with Crippen molar-refractivity contribution in [3.05, 3.63) is 90.0 Å². The average molecular weight is 402 g/mol. The molecular weight excluding hydrogens is 376 g/mol. The van der Waals surface area contributed by atoms with Crippen LogP contribution < -0.4 is 15.0 Å². The molecule has 0 heterocycles. The van der Waals surface area contributed by atoms with E-state index in [4.69, 9.17) is 4.74 Å². The number of hydrogen-bond acceptors (Lipinski definition) is 3. The predicted octanol–water partition coefficient (Wildman–Crippen LogP) is 4.82. The third-order valence-electron chi connectivity index (χ3n) is 4.77. The topological polar surface area (TPSA) is 58.6 Å². The van der Waals surface area contributed by atoms with Crippen LogP contribution in [0.4, 0.5) is 11.4 Å². The molecule has 0 aliphatic rings. The van der Waals surface area contributed by atoms with Crippen LogP contribution in [0, 0.1) is 0 Å². The molecule has 0 saturated carbocycles. The maximum atomic E-state index is 12.5. The molecule has 3 aromatic carbocycles. The van der Waals surface area contributed by atoms with E-state index < -0.39 is 0 Å². The van der Waals surface area contributed by atoms with Crippen LogP contribution in [0.2, 0.25) is 0 Å². The molecule has 3 aromatic rings. The Bertz CT molecular complexity index is 968. The fraction of sp³-hybridized carbons (Fsp3) is 0.200. The number of anilines is 2. The number of carbonyl (C=O) groups is 2. The molecule has 0 saturated heterocycles. The van der Waals surface area contributed by atoms with E-state index in [1.165, 1.54) is 0 Å². The second kappa shape index (κ2) is 10.3. The first-order chi connectivity index (χ1) is 14.6. The fourth-order valence-corrected chi connectivity index (χ4v) is 3.14. The highest BCUT2D eigenvalue weighted by Crippen LogP contribution is 2.20. The van der Waals surface area contributed by atoms with Gasteiger partial charge in [-0.2, -0.15) is 0 Å². The molecule has 0 aromatic heterocycles. The predicted molar refractivity (Wildman–Crippen MR) is 120 cm³/mol. The maximum absolute atomic E-state index is 12.5. The Kier molecular flexibility index (Phi) is 7.22. The van der Waals surface area contributed by atoms with Crippen molar-refractivity contribution in [2.75, 3.05) is 17.3 Å². The van der Waals surface area contributed by atoms with Crippen molar-refractivity contribution in [3.63, 3.8) is 0 Å². The zero-order valence-corrected chi connectivity index (χ0v) is 17.3. The SMILES string of the molecule is CCC(=O)N(Cc1ccccc1)c1ccc(CC(=O)Nc2ccc(OC)cc2)cc1. The molecule has 30 heavy (non-hydrogen) atoms. The molecule has 0 unspecified atom stereocenters. The first-order valence-corrected chi connectivity index (χ1v) is 9.96. The van der Waals surface area contributed by atoms with E-state index in [0.29, 0.717) is 13.0 Å². The summed E-state index contributed by atoms with van der Waals surface area (Å²) in [6, 6.07) is 24.7. The fourth-order valence-electron chi connectivity index (χ4n) is 3.14. The van der Waals surface area contributed by atoms with Gasteiger partial charge in [0, 0.05) is 17.8 Å². The van der Waals surface area contributed by atoms with Crippen LogP contribution in [0.5, 0.6) is 5.75 Å². The highest BCUT2D eigenvalue weighted by molar-refractivity contribution is 5.94. The lowest BCUT2D eigenvalue weighted by Gasteiger charge is -2.23. The number of carbonyl (C=O) groups excluding carboxylic acids is 2. The molecule has 0 aliphatic carbocycles. The van der Waals surface area contributed by atoms with Crippen LogP contribution in [-0.2, 0) is 22.6 Å². The summed E-state index contributed by atoms with van der Waals surface area (Å²) >= 11 is 0. The number of methoxy groups -OCH3 is 1. The zero-order valence-electron chi connectivity index (χ0n) is 17.3. The molecule has 0 radical (unpaired) electrons. The van der Waals surface area contributed by atoms with Crippen molar-refractivity contribution in [2.45, 2.75) is 26.3 Å². The Morgan fingerprint density at radius 1 is 0.867 bits per heavy atom. The van der Waals surface area contributed by atoms with Gasteiger partial charge in [0.1, 0.15) is 5.75 Å². The Morgan fingerprint density at radius 2 is 1.53 bits per heavy atom. The van der Waals surface area contributed by atoms with E-state index >= 15 is 0 Å². The summed E-state index contributed by atoms with van der Waals surface area (Å²) in [5.41, 5.74) is 3.50. The monoisotopic (exact) mass is 402 g/mol. The first-order valence-electron chi connectivity index (χ1n) is 9.96. The number of rotatable bonds is 8. The summed E-state index contributed by atoms with van der Waals surface area (Å²) in [6.07, 6.45) is 0.686. The lowest BCUT2D eigenvalue weighted by molar-refractivity contribution is -0.118. The van der Waals surface area contributed by atoms with Gasteiger partial charge in [0.05, 0.1) is 20.1 Å². The third-order valence-corrected chi connectivity index (χ3v) is 4.77. The maximum Gasteiger partial charge on any atom is 0.228 e. The van der Waals surface area contributed by atoms with Crippen molar-refractivity contribution in [2.24, 2.45) is 0 Å². The molecule has 3 rings (SSSR count). The first kappa shape index (κ1) is 21.1. The molecule has 154 valence electrons. The van der Waals surface area contributed by atoms with Crippen molar-refractivity contribution < 1.29 is 14.3 Å². The number of benzene rings is 3. The van der Waals surface area contributed by atoms with Gasteiger partial charge in [-0.25, -0.2) is 0 Å². The number of hydrogen-bond donors (Lipinski definition) is 1. The molecule has 0 atom stereocenters. The van der Waals surface area contributed by atoms with Gasteiger partial charge < -0.3 is 15.0 Å². The summed E-state index contributed by atoms with van der Waals surface area (Å²) in [5.74, 6) is 0.702. The van der Waals surface area contributed by atoms with Crippen LogP contribution >= 0.6 is 0 Å². The summed E-state index contributed by atoms with van der Waals surface area (Å²) in [4.78, 5) is 26.6. The second-order valence-corrected chi connectivity index (χ2v) is 6.94. The second-order valence-electron chi connectivity index (χ2n) is 6.94. The molecule has 0 fully saturated rings. The molecule has 5 nitrogen and oxygen atoms in total. The highest BCUT2D eigenvalue weighted by atomic mass is 16.5. The Hall–Kier alpha value is -3.60. The number of ether oxygens (including phenoxy) is 1. The minimum atomic E-state index is -0.0984. The van der Waals surface area contributed by atoms with E-state index in [-0.39, 0.29) is 18.2 Å². The van der Waals surface area contributed by atoms with Gasteiger partial charge >= 0.3 is 0 Å². The van der Waals surface area contributed by atoms with Gasteiger partial charge in [-0.1, -0.05) is 49.4 Å². The number of nitrogens with one attached hydrogen (secondary N) is 1. The summed E-state index contributed by atoms with van der Waals surface area (Å²) < 4.78 is 5.12. The standard InChI is InChI=1S/C25H26N2O3/c1-3-25(29)27(18-20-7-5-4-6-8-20)22-13-9-19(10-14-22)17-24(28)26-21-11-15-23(30-2)16-12-21/h4-16H,3,17-18H2,1-2H3,(H,26,28). The van der Waals surface area contributed by atoms with E-state index in [0.717, 1.165) is 28.3 Å². The van der Waals surface area contributed by atoms with Crippen LogP contribution in [0.15, 0.2) is 78.9 Å². The number of amides is 2. The van der Waals surface area contributed by atoms with E-state index in [9.17, 15) is 9.59 Å². The van der Waals surface area contributed by atoms with E-state index in [2.05, 4.69) is 5.32 Å². The molecule has 5 heteroatoms. The third kappa shape index (κ3) is 5.70. The van der Waals surface area contributed by atoms with E-state index in [1.54, 1.807) is 36.3 Å². The summed E-state index contributed by atoms with van der Waals surface area (Å²) in [6.45, 7) is 2.38. The van der Waals surface area contributed by atoms with E-state index in [1.807, 2.05) is 61.5 Å². The van der Waals surface area contributed by atoms with Gasteiger partial charge in [0.15, 0.2) is 0 Å². The zero-order chi connectivity index (χ0) is 21.3. The van der Waals surface area contributed by atoms with Crippen LogP contribution in [0.3, 0.4) is 0 Å². The highest BCUT2D eigenvalue weighted by Gasteiger charge is 2.15. The van der Waals surface area contributed by atoms with Crippen molar-refractivity contribution in [1.29, 1.82) is 0 Å². The average Bonchev–Trinajstić information content (AvgIpc) is 2.79. The van der Waals surface area contributed by atoms with Gasteiger partial charge in [-0.05, 0) is 47.5 Å². The van der Waals surface area contributed by atoms with Gasteiger partial charge in [-0.15, -0.1) is 0 Å². The largest absolute Gasteiger partial charge is 0.497 e. The summed E-state index contributed by atoms with van der Waals surface area (Å²) in [5, 5.41) is 2.88. The lowest BCUT2D eigenvalue weighted by atomic mass is 10.1. The number of nitrogens with zero attached hydrogens (tertiary/aromatic N) is 1. The quantitative estimate of drug-likeness (QED) is 0.588. The lowest BCUT2D eigenvalue weighted by Crippen LogP contribution is -2.29. The van der Waals surface area contributed by atoms with Gasteiger partial charge in [0.25, 0.3) is 0 Å². The molecule has 0 aliphatic heterocycles. The van der Waals surface area contributed by atoms with Gasteiger partial charge in [-0.3, -0.25) is 9.59 Å². The van der Waals surface area contributed by atoms with Crippen molar-refractivity contribution in [3.8, 4) is 5.75 Å².